The van der Waals surface area contributed by atoms with Gasteiger partial charge < -0.3 is 10.2 Å². The number of quaternary nitrogens is 1. The number of carbonyl (C=O) groups excluding carboxylic acids is 1. The molecule has 30 heavy (non-hydrogen) atoms. The maximum absolute atomic E-state index is 12.7. The zero-order valence-electron chi connectivity index (χ0n) is 17.8. The third-order valence-corrected chi connectivity index (χ3v) is 7.13. The standard InChI is InChI=1S/C23H31N3O3S/c1-18-10-12-21(13-11-18)25-30(28,29)22-9-5-8-20(17-22)23(27)24-14-6-16-26-15-4-3-7-19(26)2/h5,8-13,17,19,25H,3-4,6-7,14-16H2,1-2H3,(H,24,27)/p+1/t19-/m1/s1. The van der Waals surface area contributed by atoms with E-state index in [2.05, 4.69) is 17.0 Å². The smallest absolute Gasteiger partial charge is 0.261 e. The van der Waals surface area contributed by atoms with Crippen molar-refractivity contribution in [2.75, 3.05) is 24.4 Å². The summed E-state index contributed by atoms with van der Waals surface area (Å²) in [5.74, 6) is -0.246. The maximum Gasteiger partial charge on any atom is 0.261 e. The van der Waals surface area contributed by atoms with Gasteiger partial charge in [0.25, 0.3) is 15.9 Å². The topological polar surface area (TPSA) is 79.7 Å². The van der Waals surface area contributed by atoms with Crippen LogP contribution in [0, 0.1) is 6.92 Å². The van der Waals surface area contributed by atoms with Crippen molar-refractivity contribution in [2.24, 2.45) is 0 Å². The lowest BCUT2D eigenvalue weighted by atomic mass is 10.0. The molecule has 7 heteroatoms. The van der Waals surface area contributed by atoms with Crippen LogP contribution < -0.4 is 14.9 Å². The van der Waals surface area contributed by atoms with Crippen molar-refractivity contribution in [3.8, 4) is 0 Å². The molecule has 0 saturated carbocycles. The Morgan fingerprint density at radius 1 is 1.13 bits per heavy atom. The van der Waals surface area contributed by atoms with Gasteiger partial charge in [0.1, 0.15) is 0 Å². The van der Waals surface area contributed by atoms with Crippen molar-refractivity contribution in [1.29, 1.82) is 0 Å². The molecular formula is C23H32N3O3S+. The van der Waals surface area contributed by atoms with Crippen LogP contribution in [0.4, 0.5) is 5.69 Å². The Morgan fingerprint density at radius 2 is 1.90 bits per heavy atom. The molecule has 3 rings (SSSR count). The Balaban J connectivity index is 1.55. The molecule has 2 aromatic rings. The van der Waals surface area contributed by atoms with Crippen LogP contribution in [-0.4, -0.2) is 40.0 Å². The van der Waals surface area contributed by atoms with E-state index < -0.39 is 10.0 Å². The Labute approximate surface area is 179 Å². The lowest BCUT2D eigenvalue weighted by molar-refractivity contribution is -0.928. The molecule has 0 radical (unpaired) electrons. The highest BCUT2D eigenvalue weighted by atomic mass is 32.2. The number of aryl methyl sites for hydroxylation is 1. The number of hydrogen-bond donors (Lipinski definition) is 3. The van der Waals surface area contributed by atoms with Gasteiger partial charge >= 0.3 is 0 Å². The number of sulfonamides is 1. The predicted molar refractivity (Wildman–Crippen MR) is 119 cm³/mol. The summed E-state index contributed by atoms with van der Waals surface area (Å²) in [5, 5.41) is 2.92. The van der Waals surface area contributed by atoms with Crippen molar-refractivity contribution in [3.05, 3.63) is 59.7 Å². The van der Waals surface area contributed by atoms with Crippen LogP contribution in [0.2, 0.25) is 0 Å². The summed E-state index contributed by atoms with van der Waals surface area (Å²) in [6, 6.07) is 14.0. The Hall–Kier alpha value is -2.38. The molecule has 3 N–H and O–H groups in total. The molecule has 1 heterocycles. The minimum Gasteiger partial charge on any atom is -0.352 e. The molecule has 1 aliphatic rings. The number of rotatable bonds is 8. The lowest BCUT2D eigenvalue weighted by Gasteiger charge is -2.30. The summed E-state index contributed by atoms with van der Waals surface area (Å²) in [4.78, 5) is 14.2. The van der Waals surface area contributed by atoms with E-state index in [4.69, 9.17) is 0 Å². The summed E-state index contributed by atoms with van der Waals surface area (Å²) in [5.41, 5.74) is 1.89. The van der Waals surface area contributed by atoms with E-state index in [1.807, 2.05) is 19.1 Å². The van der Waals surface area contributed by atoms with Gasteiger partial charge in [-0.25, -0.2) is 8.42 Å². The highest BCUT2D eigenvalue weighted by Crippen LogP contribution is 2.17. The molecule has 1 aliphatic heterocycles. The first kappa shape index (κ1) is 22.3. The van der Waals surface area contributed by atoms with Crippen molar-refractivity contribution in [2.45, 2.75) is 50.5 Å². The largest absolute Gasteiger partial charge is 0.352 e. The van der Waals surface area contributed by atoms with Gasteiger partial charge in [0.15, 0.2) is 0 Å². The fourth-order valence-electron chi connectivity index (χ4n) is 3.88. The first-order chi connectivity index (χ1) is 14.3. The second-order valence-electron chi connectivity index (χ2n) is 8.16. The Bertz CT molecular complexity index is 958. The molecule has 1 unspecified atom stereocenters. The van der Waals surface area contributed by atoms with Crippen LogP contribution in [0.3, 0.4) is 0 Å². The number of hydrogen-bond acceptors (Lipinski definition) is 3. The van der Waals surface area contributed by atoms with Gasteiger partial charge in [0.2, 0.25) is 0 Å². The molecule has 0 bridgehead atoms. The van der Waals surface area contributed by atoms with Crippen molar-refractivity contribution >= 4 is 21.6 Å². The summed E-state index contributed by atoms with van der Waals surface area (Å²) < 4.78 is 27.9. The predicted octanol–water partition coefficient (Wildman–Crippen LogP) is 2.37. The lowest BCUT2D eigenvalue weighted by Crippen LogP contribution is -3.16. The third-order valence-electron chi connectivity index (χ3n) is 5.75. The van der Waals surface area contributed by atoms with E-state index >= 15 is 0 Å². The van der Waals surface area contributed by atoms with E-state index in [1.165, 1.54) is 37.9 Å². The molecule has 0 aliphatic carbocycles. The molecule has 0 aromatic heterocycles. The molecule has 1 fully saturated rings. The van der Waals surface area contributed by atoms with Gasteiger partial charge in [-0.15, -0.1) is 0 Å². The van der Waals surface area contributed by atoms with Crippen LogP contribution in [0.15, 0.2) is 53.4 Å². The quantitative estimate of drug-likeness (QED) is 0.563. The van der Waals surface area contributed by atoms with Gasteiger partial charge in [-0.05, 0) is 63.4 Å². The van der Waals surface area contributed by atoms with E-state index in [0.717, 1.165) is 18.5 Å². The Kier molecular flexibility index (Phi) is 7.50. The second-order valence-corrected chi connectivity index (χ2v) is 9.85. The number of likely N-dealkylation sites (tertiary alicyclic amines) is 1. The fourth-order valence-corrected chi connectivity index (χ4v) is 4.99. The first-order valence-electron chi connectivity index (χ1n) is 10.7. The average Bonchev–Trinajstić information content (AvgIpc) is 2.74. The minimum atomic E-state index is -3.76. The minimum absolute atomic E-state index is 0.0716. The fraction of sp³-hybridized carbons (Fsp3) is 0.435. The molecule has 6 nitrogen and oxygen atoms in total. The van der Waals surface area contributed by atoms with Crippen LogP contribution >= 0.6 is 0 Å². The molecule has 2 aromatic carbocycles. The molecular weight excluding hydrogens is 398 g/mol. The van der Waals surface area contributed by atoms with Crippen molar-refractivity contribution in [1.82, 2.24) is 5.32 Å². The number of nitrogens with one attached hydrogen (secondary N) is 3. The summed E-state index contributed by atoms with van der Waals surface area (Å²) in [6.07, 6.45) is 4.79. The van der Waals surface area contributed by atoms with Crippen LogP contribution in [-0.2, 0) is 10.0 Å². The maximum atomic E-state index is 12.7. The van der Waals surface area contributed by atoms with Crippen LogP contribution in [0.1, 0.15) is 48.5 Å². The van der Waals surface area contributed by atoms with E-state index in [-0.39, 0.29) is 10.8 Å². The molecule has 162 valence electrons. The number of amides is 1. The van der Waals surface area contributed by atoms with Gasteiger partial charge in [0.05, 0.1) is 24.0 Å². The highest BCUT2D eigenvalue weighted by Gasteiger charge is 2.21. The zero-order chi connectivity index (χ0) is 21.6. The van der Waals surface area contributed by atoms with Crippen LogP contribution in [0.5, 0.6) is 0 Å². The summed E-state index contributed by atoms with van der Waals surface area (Å²) in [7, 11) is -3.76. The average molecular weight is 431 g/mol. The number of benzene rings is 2. The number of piperidine rings is 1. The summed E-state index contributed by atoms with van der Waals surface area (Å²) in [6.45, 7) is 7.09. The number of carbonyl (C=O) groups is 1. The summed E-state index contributed by atoms with van der Waals surface area (Å²) >= 11 is 0. The monoisotopic (exact) mass is 430 g/mol. The normalized spacial score (nSPS) is 19.3. The zero-order valence-corrected chi connectivity index (χ0v) is 18.6. The van der Waals surface area contributed by atoms with Gasteiger partial charge in [0, 0.05) is 24.2 Å². The SMILES string of the molecule is Cc1ccc(NS(=O)(=O)c2cccc(C(=O)NCCC[NH+]3CCCC[C@H]3C)c2)cc1. The third kappa shape index (κ3) is 6.06. The van der Waals surface area contributed by atoms with Gasteiger partial charge in [-0.2, -0.15) is 0 Å². The van der Waals surface area contributed by atoms with E-state index in [0.29, 0.717) is 23.8 Å². The molecule has 1 saturated heterocycles. The number of anilines is 1. The van der Waals surface area contributed by atoms with Gasteiger partial charge in [-0.1, -0.05) is 23.8 Å². The Morgan fingerprint density at radius 3 is 2.63 bits per heavy atom. The van der Waals surface area contributed by atoms with Gasteiger partial charge in [-0.3, -0.25) is 9.52 Å². The van der Waals surface area contributed by atoms with Crippen molar-refractivity contribution in [3.63, 3.8) is 0 Å². The van der Waals surface area contributed by atoms with Crippen molar-refractivity contribution < 1.29 is 18.1 Å². The first-order valence-corrected chi connectivity index (χ1v) is 12.2. The molecule has 1 amide bonds. The van der Waals surface area contributed by atoms with Crippen LogP contribution in [0.25, 0.3) is 0 Å². The highest BCUT2D eigenvalue weighted by molar-refractivity contribution is 7.92. The van der Waals surface area contributed by atoms with E-state index in [9.17, 15) is 13.2 Å². The van der Waals surface area contributed by atoms with E-state index in [1.54, 1.807) is 29.2 Å². The molecule has 2 atom stereocenters. The molecule has 0 spiro atoms. The second kappa shape index (κ2) is 10.1.